The van der Waals surface area contributed by atoms with Gasteiger partial charge >= 0.3 is 5.97 Å². The Hall–Kier alpha value is -2.17. The number of aliphatic carboxylic acids is 1. The number of benzene rings is 1. The molecule has 0 unspecified atom stereocenters. The fourth-order valence-electron chi connectivity index (χ4n) is 1.79. The molecule has 0 amide bonds. The van der Waals surface area contributed by atoms with Crippen LogP contribution in [0.2, 0.25) is 0 Å². The van der Waals surface area contributed by atoms with E-state index in [0.29, 0.717) is 6.42 Å². The topological polar surface area (TPSA) is 68.0 Å². The first kappa shape index (κ1) is 12.3. The Morgan fingerprint density at radius 2 is 2.06 bits per heavy atom. The van der Waals surface area contributed by atoms with Gasteiger partial charge in [0.15, 0.2) is 0 Å². The Labute approximate surface area is 105 Å². The molecule has 2 aromatic rings. The van der Waals surface area contributed by atoms with Crippen molar-refractivity contribution in [2.45, 2.75) is 26.2 Å². The standard InChI is InChI=1S/C13H15N3O2/c1-2-12-15-14-9-16(12)11-6-3-10(4-7-11)5-8-13(17)18/h3-4,6-7,9H,2,5,8H2,1H3,(H,17,18). The lowest BCUT2D eigenvalue weighted by molar-refractivity contribution is -0.136. The molecule has 2 rings (SSSR count). The highest BCUT2D eigenvalue weighted by Crippen LogP contribution is 2.12. The van der Waals surface area contributed by atoms with E-state index in [9.17, 15) is 4.79 Å². The highest BCUT2D eigenvalue weighted by atomic mass is 16.4. The number of carboxylic acid groups (broad SMARTS) is 1. The fourth-order valence-corrected chi connectivity index (χ4v) is 1.79. The van der Waals surface area contributed by atoms with Crippen molar-refractivity contribution in [3.8, 4) is 5.69 Å². The van der Waals surface area contributed by atoms with Gasteiger partial charge in [0.1, 0.15) is 12.2 Å². The van der Waals surface area contributed by atoms with E-state index in [1.165, 1.54) is 0 Å². The molecule has 0 spiro atoms. The Morgan fingerprint density at radius 3 is 2.67 bits per heavy atom. The summed E-state index contributed by atoms with van der Waals surface area (Å²) in [7, 11) is 0. The molecular formula is C13H15N3O2. The summed E-state index contributed by atoms with van der Waals surface area (Å²) in [6.45, 7) is 2.03. The number of carboxylic acids is 1. The highest BCUT2D eigenvalue weighted by molar-refractivity contribution is 5.67. The number of nitrogens with zero attached hydrogens (tertiary/aromatic N) is 3. The Morgan fingerprint density at radius 1 is 1.33 bits per heavy atom. The summed E-state index contributed by atoms with van der Waals surface area (Å²) in [5.74, 6) is 0.138. The van der Waals surface area contributed by atoms with Gasteiger partial charge in [0.25, 0.3) is 0 Å². The quantitative estimate of drug-likeness (QED) is 0.872. The van der Waals surface area contributed by atoms with Crippen LogP contribution in [-0.4, -0.2) is 25.8 Å². The molecule has 94 valence electrons. The van der Waals surface area contributed by atoms with Gasteiger partial charge in [0.2, 0.25) is 0 Å². The van der Waals surface area contributed by atoms with Gasteiger partial charge in [-0.2, -0.15) is 0 Å². The number of aryl methyl sites for hydroxylation is 2. The van der Waals surface area contributed by atoms with Gasteiger partial charge in [-0.05, 0) is 24.1 Å². The molecule has 1 N–H and O–H groups in total. The van der Waals surface area contributed by atoms with Crippen molar-refractivity contribution in [2.24, 2.45) is 0 Å². The van der Waals surface area contributed by atoms with Gasteiger partial charge in [0.05, 0.1) is 0 Å². The molecule has 0 aliphatic heterocycles. The lowest BCUT2D eigenvalue weighted by Crippen LogP contribution is -2.00. The van der Waals surface area contributed by atoms with Crippen LogP contribution >= 0.6 is 0 Å². The summed E-state index contributed by atoms with van der Waals surface area (Å²) in [5, 5.41) is 16.5. The second kappa shape index (κ2) is 5.44. The third-order valence-corrected chi connectivity index (χ3v) is 2.78. The summed E-state index contributed by atoms with van der Waals surface area (Å²) in [4.78, 5) is 10.5. The first-order chi connectivity index (χ1) is 8.70. The molecule has 5 heteroatoms. The molecule has 1 aromatic heterocycles. The zero-order valence-corrected chi connectivity index (χ0v) is 10.2. The third kappa shape index (κ3) is 2.74. The predicted octanol–water partition coefficient (Wildman–Crippen LogP) is 1.85. The molecule has 0 atom stereocenters. The maximum Gasteiger partial charge on any atom is 0.303 e. The molecule has 1 heterocycles. The Balaban J connectivity index is 2.14. The second-order valence-corrected chi connectivity index (χ2v) is 4.03. The van der Waals surface area contributed by atoms with Crippen molar-refractivity contribution >= 4 is 5.97 Å². The van der Waals surface area contributed by atoms with Crippen LogP contribution < -0.4 is 0 Å². The number of carbonyl (C=O) groups is 1. The van der Waals surface area contributed by atoms with E-state index >= 15 is 0 Å². The summed E-state index contributed by atoms with van der Waals surface area (Å²) in [6, 6.07) is 7.80. The second-order valence-electron chi connectivity index (χ2n) is 4.03. The molecule has 0 radical (unpaired) electrons. The van der Waals surface area contributed by atoms with Gasteiger partial charge in [0, 0.05) is 18.5 Å². The van der Waals surface area contributed by atoms with Crippen molar-refractivity contribution in [2.75, 3.05) is 0 Å². The van der Waals surface area contributed by atoms with Crippen molar-refractivity contribution in [3.63, 3.8) is 0 Å². The van der Waals surface area contributed by atoms with E-state index in [1.54, 1.807) is 6.33 Å². The monoisotopic (exact) mass is 245 g/mol. The summed E-state index contributed by atoms with van der Waals surface area (Å²) in [6.07, 6.45) is 3.22. The molecule has 0 aliphatic rings. The number of hydrogen-bond acceptors (Lipinski definition) is 3. The molecule has 0 bridgehead atoms. The summed E-state index contributed by atoms with van der Waals surface area (Å²) in [5.41, 5.74) is 2.02. The number of hydrogen-bond donors (Lipinski definition) is 1. The van der Waals surface area contributed by atoms with Crippen LogP contribution in [0.3, 0.4) is 0 Å². The van der Waals surface area contributed by atoms with Gasteiger partial charge in [-0.15, -0.1) is 10.2 Å². The molecule has 5 nitrogen and oxygen atoms in total. The summed E-state index contributed by atoms with van der Waals surface area (Å²) >= 11 is 0. The largest absolute Gasteiger partial charge is 0.481 e. The van der Waals surface area contributed by atoms with Crippen LogP contribution in [0.25, 0.3) is 5.69 Å². The van der Waals surface area contributed by atoms with E-state index < -0.39 is 5.97 Å². The molecule has 0 aliphatic carbocycles. The van der Waals surface area contributed by atoms with Crippen LogP contribution in [0.1, 0.15) is 24.7 Å². The Kier molecular flexibility index (Phi) is 3.72. The molecule has 0 saturated carbocycles. The highest BCUT2D eigenvalue weighted by Gasteiger charge is 2.04. The molecular weight excluding hydrogens is 230 g/mol. The zero-order valence-electron chi connectivity index (χ0n) is 10.2. The maximum absolute atomic E-state index is 10.5. The number of rotatable bonds is 5. The van der Waals surface area contributed by atoms with Crippen molar-refractivity contribution in [1.29, 1.82) is 0 Å². The van der Waals surface area contributed by atoms with Crippen molar-refractivity contribution in [1.82, 2.24) is 14.8 Å². The van der Waals surface area contributed by atoms with Gasteiger partial charge in [-0.1, -0.05) is 19.1 Å². The zero-order chi connectivity index (χ0) is 13.0. The molecule has 1 aromatic carbocycles. The van der Waals surface area contributed by atoms with Crippen LogP contribution in [-0.2, 0) is 17.6 Å². The molecule has 0 saturated heterocycles. The molecule has 18 heavy (non-hydrogen) atoms. The predicted molar refractivity (Wildman–Crippen MR) is 66.7 cm³/mol. The van der Waals surface area contributed by atoms with Crippen molar-refractivity contribution < 1.29 is 9.90 Å². The lowest BCUT2D eigenvalue weighted by Gasteiger charge is -2.06. The smallest absolute Gasteiger partial charge is 0.303 e. The number of aromatic nitrogens is 3. The van der Waals surface area contributed by atoms with E-state index in [0.717, 1.165) is 23.5 Å². The van der Waals surface area contributed by atoms with Crippen LogP contribution in [0, 0.1) is 0 Å². The van der Waals surface area contributed by atoms with Crippen LogP contribution in [0.4, 0.5) is 0 Å². The third-order valence-electron chi connectivity index (χ3n) is 2.78. The van der Waals surface area contributed by atoms with E-state index in [1.807, 2.05) is 35.8 Å². The lowest BCUT2D eigenvalue weighted by atomic mass is 10.1. The average molecular weight is 245 g/mol. The fraction of sp³-hybridized carbons (Fsp3) is 0.308. The summed E-state index contributed by atoms with van der Waals surface area (Å²) < 4.78 is 1.93. The maximum atomic E-state index is 10.5. The van der Waals surface area contributed by atoms with Crippen LogP contribution in [0.15, 0.2) is 30.6 Å². The SMILES string of the molecule is CCc1nncn1-c1ccc(CCC(=O)O)cc1. The minimum absolute atomic E-state index is 0.159. The van der Waals surface area contributed by atoms with Crippen LogP contribution in [0.5, 0.6) is 0 Å². The first-order valence-corrected chi connectivity index (χ1v) is 5.90. The van der Waals surface area contributed by atoms with E-state index in [-0.39, 0.29) is 6.42 Å². The van der Waals surface area contributed by atoms with E-state index in [4.69, 9.17) is 5.11 Å². The van der Waals surface area contributed by atoms with E-state index in [2.05, 4.69) is 10.2 Å². The Bertz CT molecular complexity index is 531. The van der Waals surface area contributed by atoms with Gasteiger partial charge in [-0.25, -0.2) is 0 Å². The van der Waals surface area contributed by atoms with Crippen molar-refractivity contribution in [3.05, 3.63) is 42.0 Å². The molecule has 0 fully saturated rings. The minimum atomic E-state index is -0.772. The first-order valence-electron chi connectivity index (χ1n) is 5.90. The minimum Gasteiger partial charge on any atom is -0.481 e. The van der Waals surface area contributed by atoms with Gasteiger partial charge in [-0.3, -0.25) is 9.36 Å². The van der Waals surface area contributed by atoms with Gasteiger partial charge < -0.3 is 5.11 Å². The normalized spacial score (nSPS) is 10.5. The average Bonchev–Trinajstić information content (AvgIpc) is 2.85.